The van der Waals surface area contributed by atoms with Gasteiger partial charge in [-0.1, -0.05) is 22.9 Å². The van der Waals surface area contributed by atoms with Crippen molar-refractivity contribution in [1.29, 1.82) is 5.26 Å². The Hall–Kier alpha value is -4.07. The highest BCUT2D eigenvalue weighted by Crippen LogP contribution is 2.35. The van der Waals surface area contributed by atoms with Gasteiger partial charge >= 0.3 is 0 Å². The molecule has 5 aromatic rings. The molecule has 0 atom stereocenters. The number of benzene rings is 2. The lowest BCUT2D eigenvalue weighted by Gasteiger charge is -2.14. The predicted molar refractivity (Wildman–Crippen MR) is 140 cm³/mol. The van der Waals surface area contributed by atoms with Gasteiger partial charge in [-0.15, -0.1) is 5.10 Å². The monoisotopic (exact) mass is 562 g/mol. The third-order valence-corrected chi connectivity index (χ3v) is 6.24. The van der Waals surface area contributed by atoms with Gasteiger partial charge in [0, 0.05) is 33.6 Å². The van der Waals surface area contributed by atoms with Crippen molar-refractivity contribution in [2.45, 2.75) is 13.1 Å². The summed E-state index contributed by atoms with van der Waals surface area (Å²) in [6.07, 6.45) is 5.10. The summed E-state index contributed by atoms with van der Waals surface area (Å²) in [4.78, 5) is 8.74. The molecule has 0 bridgehead atoms. The number of nitrogens with one attached hydrogen (secondary N) is 2. The van der Waals surface area contributed by atoms with Gasteiger partial charge in [0.2, 0.25) is 0 Å². The zero-order valence-electron chi connectivity index (χ0n) is 18.6. The fraction of sp³-hybridized carbons (Fsp3) is 0.0800. The van der Waals surface area contributed by atoms with Crippen LogP contribution >= 0.6 is 27.5 Å². The molecule has 0 aliphatic carbocycles. The fourth-order valence-corrected chi connectivity index (χ4v) is 4.39. The van der Waals surface area contributed by atoms with Gasteiger partial charge in [0.25, 0.3) is 0 Å². The number of anilines is 3. The van der Waals surface area contributed by atoms with E-state index in [1.807, 2.05) is 36.5 Å². The summed E-state index contributed by atoms with van der Waals surface area (Å²) in [6.45, 7) is 0.961. The molecule has 5 rings (SSSR count). The maximum atomic E-state index is 13.6. The van der Waals surface area contributed by atoms with Crippen molar-refractivity contribution < 1.29 is 4.39 Å². The van der Waals surface area contributed by atoms with E-state index in [0.717, 1.165) is 21.5 Å². The van der Waals surface area contributed by atoms with Crippen LogP contribution in [0.5, 0.6) is 0 Å². The van der Waals surface area contributed by atoms with Crippen LogP contribution in [-0.4, -0.2) is 25.0 Å². The van der Waals surface area contributed by atoms with Crippen molar-refractivity contribution >= 4 is 55.5 Å². The maximum absolute atomic E-state index is 13.6. The molecule has 2 aromatic carbocycles. The van der Waals surface area contributed by atoms with E-state index in [0.29, 0.717) is 40.9 Å². The molecular formula is C25H17BrClFN8. The third-order valence-electron chi connectivity index (χ3n) is 5.34. The molecular weight excluding hydrogens is 547 g/mol. The zero-order chi connectivity index (χ0) is 25.1. The molecule has 0 aliphatic rings. The topological polar surface area (TPSA) is 104 Å². The van der Waals surface area contributed by atoms with Crippen LogP contribution in [0.15, 0.2) is 71.6 Å². The first-order valence-corrected chi connectivity index (χ1v) is 11.9. The van der Waals surface area contributed by atoms with Crippen LogP contribution in [0.25, 0.3) is 10.9 Å². The summed E-state index contributed by atoms with van der Waals surface area (Å²) in [5, 5.41) is 25.3. The van der Waals surface area contributed by atoms with E-state index in [-0.39, 0.29) is 5.02 Å². The van der Waals surface area contributed by atoms with Crippen LogP contribution in [0.3, 0.4) is 0 Å². The van der Waals surface area contributed by atoms with Gasteiger partial charge in [-0.2, -0.15) is 5.26 Å². The molecule has 11 heteroatoms. The van der Waals surface area contributed by atoms with Gasteiger partial charge in [-0.05, 0) is 58.4 Å². The average Bonchev–Trinajstić information content (AvgIpc) is 3.33. The molecule has 36 heavy (non-hydrogen) atoms. The Morgan fingerprint density at radius 1 is 1.08 bits per heavy atom. The number of aromatic nitrogens is 5. The molecule has 178 valence electrons. The van der Waals surface area contributed by atoms with Crippen LogP contribution in [0.4, 0.5) is 21.5 Å². The molecule has 0 saturated heterocycles. The average molecular weight is 564 g/mol. The predicted octanol–water partition coefficient (Wildman–Crippen LogP) is 6.05. The van der Waals surface area contributed by atoms with E-state index < -0.39 is 5.82 Å². The molecule has 0 radical (unpaired) electrons. The fourth-order valence-electron chi connectivity index (χ4n) is 3.65. The molecule has 0 saturated carbocycles. The Labute approximate surface area is 218 Å². The second-order valence-electron chi connectivity index (χ2n) is 7.85. The summed E-state index contributed by atoms with van der Waals surface area (Å²) in [5.74, 6) is -0.520. The number of pyridine rings is 2. The van der Waals surface area contributed by atoms with E-state index in [2.05, 4.69) is 52.9 Å². The minimum absolute atomic E-state index is 0.0171. The first kappa shape index (κ1) is 23.7. The summed E-state index contributed by atoms with van der Waals surface area (Å²) in [7, 11) is 0. The van der Waals surface area contributed by atoms with Gasteiger partial charge in [0.1, 0.15) is 17.6 Å². The van der Waals surface area contributed by atoms with E-state index in [4.69, 9.17) is 11.6 Å². The number of halogens is 3. The van der Waals surface area contributed by atoms with E-state index in [1.54, 1.807) is 16.9 Å². The van der Waals surface area contributed by atoms with Gasteiger partial charge in [-0.25, -0.2) is 9.07 Å². The van der Waals surface area contributed by atoms with Crippen molar-refractivity contribution in [3.05, 3.63) is 99.4 Å². The molecule has 2 N–H and O–H groups in total. The van der Waals surface area contributed by atoms with Crippen molar-refractivity contribution in [2.24, 2.45) is 0 Å². The molecule has 0 fully saturated rings. The first-order chi connectivity index (χ1) is 17.5. The minimum Gasteiger partial charge on any atom is -0.379 e. The van der Waals surface area contributed by atoms with Crippen LogP contribution in [0.1, 0.15) is 17.0 Å². The lowest BCUT2D eigenvalue weighted by atomic mass is 10.1. The summed E-state index contributed by atoms with van der Waals surface area (Å²) in [6, 6.07) is 16.0. The summed E-state index contributed by atoms with van der Waals surface area (Å²) < 4.78 is 16.1. The van der Waals surface area contributed by atoms with E-state index >= 15 is 0 Å². The zero-order valence-corrected chi connectivity index (χ0v) is 20.9. The summed E-state index contributed by atoms with van der Waals surface area (Å²) in [5.41, 5.74) is 4.51. The van der Waals surface area contributed by atoms with Crippen molar-refractivity contribution in [2.75, 3.05) is 10.6 Å². The SMILES string of the molecule is N#Cc1cnc2c(Br)cc(NCc3cn(Cc4ccccn4)nn3)cc2c1Nc1ccc(F)c(Cl)c1. The first-order valence-electron chi connectivity index (χ1n) is 10.8. The third kappa shape index (κ3) is 5.12. The highest BCUT2D eigenvalue weighted by atomic mass is 79.9. The molecule has 0 spiro atoms. The number of hydrogen-bond donors (Lipinski definition) is 2. The highest BCUT2D eigenvalue weighted by molar-refractivity contribution is 9.10. The minimum atomic E-state index is -0.520. The van der Waals surface area contributed by atoms with E-state index in [9.17, 15) is 9.65 Å². The van der Waals surface area contributed by atoms with E-state index in [1.165, 1.54) is 18.3 Å². The van der Waals surface area contributed by atoms with Gasteiger partial charge < -0.3 is 10.6 Å². The molecule has 3 aromatic heterocycles. The van der Waals surface area contributed by atoms with Crippen molar-refractivity contribution in [3.8, 4) is 6.07 Å². The van der Waals surface area contributed by atoms with Gasteiger partial charge in [0.15, 0.2) is 0 Å². The standard InChI is InChI=1S/C25H17BrClFN8/c26-21-8-18(31-12-19-14-36(35-34-19)13-17-3-1-2-6-30-17)7-20-24(15(10-29)11-32-25(20)21)33-16-4-5-23(28)22(27)9-16/h1-9,11,14,31H,12-13H2,(H,32,33). The van der Waals surface area contributed by atoms with Crippen molar-refractivity contribution in [1.82, 2.24) is 25.0 Å². The molecule has 0 amide bonds. The van der Waals surface area contributed by atoms with Crippen LogP contribution in [-0.2, 0) is 13.1 Å². The van der Waals surface area contributed by atoms with Crippen LogP contribution < -0.4 is 10.6 Å². The Morgan fingerprint density at radius 2 is 1.97 bits per heavy atom. The maximum Gasteiger partial charge on any atom is 0.141 e. The molecule has 3 heterocycles. The number of nitrogens with zero attached hydrogens (tertiary/aromatic N) is 6. The molecule has 0 aliphatic heterocycles. The largest absolute Gasteiger partial charge is 0.379 e. The second-order valence-corrected chi connectivity index (χ2v) is 9.11. The number of rotatable bonds is 7. The highest BCUT2D eigenvalue weighted by Gasteiger charge is 2.14. The van der Waals surface area contributed by atoms with Crippen LogP contribution in [0.2, 0.25) is 5.02 Å². The van der Waals surface area contributed by atoms with Crippen molar-refractivity contribution in [3.63, 3.8) is 0 Å². The Bertz CT molecular complexity index is 1600. The van der Waals surface area contributed by atoms with Gasteiger partial charge in [-0.3, -0.25) is 9.97 Å². The number of nitriles is 1. The summed E-state index contributed by atoms with van der Waals surface area (Å²) >= 11 is 9.52. The Kier molecular flexibility index (Phi) is 6.75. The normalized spacial score (nSPS) is 10.8. The lowest BCUT2D eigenvalue weighted by Crippen LogP contribution is -2.02. The number of fused-ring (bicyclic) bond motifs is 1. The van der Waals surface area contributed by atoms with Gasteiger partial charge in [0.05, 0.1) is 46.8 Å². The second kappa shape index (κ2) is 10.3. The Balaban J connectivity index is 1.41. The smallest absolute Gasteiger partial charge is 0.141 e. The van der Waals surface area contributed by atoms with Crippen LogP contribution in [0, 0.1) is 17.1 Å². The Morgan fingerprint density at radius 3 is 2.75 bits per heavy atom. The number of hydrogen-bond acceptors (Lipinski definition) is 7. The molecule has 0 unspecified atom stereocenters. The lowest BCUT2D eigenvalue weighted by molar-refractivity contribution is 0.628. The molecule has 8 nitrogen and oxygen atoms in total. The quantitative estimate of drug-likeness (QED) is 0.248.